The SMILES string of the molecule is Cc1c(C(C)C)n(C)[nH]c1=S. The highest BCUT2D eigenvalue weighted by molar-refractivity contribution is 7.71. The highest BCUT2D eigenvalue weighted by Crippen LogP contribution is 2.18. The molecular formula is C8H14N2S. The minimum atomic E-state index is 0.535. The van der Waals surface area contributed by atoms with E-state index < -0.39 is 0 Å². The molecule has 0 aliphatic carbocycles. The molecule has 1 heterocycles. The average molecular weight is 170 g/mol. The van der Waals surface area contributed by atoms with Crippen molar-refractivity contribution < 1.29 is 0 Å². The Balaban J connectivity index is 3.34. The summed E-state index contributed by atoms with van der Waals surface area (Å²) in [4.78, 5) is 0. The molecule has 3 heteroatoms. The number of aromatic nitrogens is 2. The first-order valence-corrected chi connectivity index (χ1v) is 4.20. The number of hydrogen-bond acceptors (Lipinski definition) is 1. The second kappa shape index (κ2) is 2.81. The summed E-state index contributed by atoms with van der Waals surface area (Å²) in [5, 5.41) is 3.09. The van der Waals surface area contributed by atoms with Gasteiger partial charge in [-0.25, -0.2) is 0 Å². The third kappa shape index (κ3) is 1.38. The second-order valence-corrected chi connectivity index (χ2v) is 3.57. The van der Waals surface area contributed by atoms with Gasteiger partial charge in [-0.1, -0.05) is 26.1 Å². The van der Waals surface area contributed by atoms with Crippen LogP contribution in [-0.2, 0) is 7.05 Å². The Morgan fingerprint density at radius 3 is 2.18 bits per heavy atom. The van der Waals surface area contributed by atoms with Crippen LogP contribution in [0.25, 0.3) is 0 Å². The number of nitrogens with zero attached hydrogens (tertiary/aromatic N) is 1. The van der Waals surface area contributed by atoms with Crippen molar-refractivity contribution in [3.05, 3.63) is 15.9 Å². The van der Waals surface area contributed by atoms with E-state index in [9.17, 15) is 0 Å². The van der Waals surface area contributed by atoms with Gasteiger partial charge in [0.25, 0.3) is 0 Å². The summed E-state index contributed by atoms with van der Waals surface area (Å²) in [7, 11) is 2.00. The molecule has 0 saturated carbocycles. The zero-order valence-corrected chi connectivity index (χ0v) is 8.25. The molecule has 0 radical (unpaired) electrons. The molecule has 1 N–H and O–H groups in total. The number of aryl methyl sites for hydroxylation is 1. The van der Waals surface area contributed by atoms with E-state index in [-0.39, 0.29) is 0 Å². The van der Waals surface area contributed by atoms with E-state index in [1.54, 1.807) is 0 Å². The fourth-order valence-electron chi connectivity index (χ4n) is 1.48. The van der Waals surface area contributed by atoms with Crippen molar-refractivity contribution in [3.63, 3.8) is 0 Å². The van der Waals surface area contributed by atoms with Gasteiger partial charge in [0.15, 0.2) is 0 Å². The lowest BCUT2D eigenvalue weighted by atomic mass is 10.1. The molecule has 0 aliphatic rings. The lowest BCUT2D eigenvalue weighted by molar-refractivity contribution is 0.665. The maximum absolute atomic E-state index is 5.10. The summed E-state index contributed by atoms with van der Waals surface area (Å²) < 4.78 is 2.86. The third-order valence-corrected chi connectivity index (χ3v) is 2.30. The van der Waals surface area contributed by atoms with E-state index in [1.165, 1.54) is 11.3 Å². The number of hydrogen-bond donors (Lipinski definition) is 1. The summed E-state index contributed by atoms with van der Waals surface area (Å²) >= 11 is 5.10. The van der Waals surface area contributed by atoms with Gasteiger partial charge in [-0.15, -0.1) is 0 Å². The van der Waals surface area contributed by atoms with Gasteiger partial charge in [0.2, 0.25) is 0 Å². The summed E-state index contributed by atoms with van der Waals surface area (Å²) in [6, 6.07) is 0. The third-order valence-electron chi connectivity index (χ3n) is 1.90. The molecule has 0 spiro atoms. The monoisotopic (exact) mass is 170 g/mol. The van der Waals surface area contributed by atoms with Crippen LogP contribution in [0.4, 0.5) is 0 Å². The fraction of sp³-hybridized carbons (Fsp3) is 0.625. The van der Waals surface area contributed by atoms with Crippen molar-refractivity contribution in [1.82, 2.24) is 9.78 Å². The van der Waals surface area contributed by atoms with Crippen LogP contribution in [-0.4, -0.2) is 9.78 Å². The highest BCUT2D eigenvalue weighted by atomic mass is 32.1. The Bertz CT molecular complexity index is 306. The normalized spacial score (nSPS) is 11.0. The first-order chi connectivity index (χ1) is 5.04. The van der Waals surface area contributed by atoms with Gasteiger partial charge in [0, 0.05) is 18.3 Å². The minimum absolute atomic E-state index is 0.535. The molecule has 11 heavy (non-hydrogen) atoms. The number of nitrogens with one attached hydrogen (secondary N) is 1. The van der Waals surface area contributed by atoms with Gasteiger partial charge in [0.05, 0.1) is 0 Å². The lowest BCUT2D eigenvalue weighted by Gasteiger charge is -2.06. The second-order valence-electron chi connectivity index (χ2n) is 3.16. The van der Waals surface area contributed by atoms with Crippen molar-refractivity contribution in [3.8, 4) is 0 Å². The summed E-state index contributed by atoms with van der Waals surface area (Å²) in [5.41, 5.74) is 2.51. The molecule has 0 aromatic carbocycles. The zero-order valence-electron chi connectivity index (χ0n) is 7.43. The molecule has 2 nitrogen and oxygen atoms in total. The van der Waals surface area contributed by atoms with Crippen molar-refractivity contribution in [1.29, 1.82) is 0 Å². The fourth-order valence-corrected chi connectivity index (χ4v) is 1.73. The molecule has 0 saturated heterocycles. The molecule has 0 amide bonds. The predicted octanol–water partition coefficient (Wildman–Crippen LogP) is 2.51. The van der Waals surface area contributed by atoms with E-state index >= 15 is 0 Å². The summed E-state index contributed by atoms with van der Waals surface area (Å²) in [5.74, 6) is 0.535. The van der Waals surface area contributed by atoms with Gasteiger partial charge in [-0.05, 0) is 12.8 Å². The van der Waals surface area contributed by atoms with Gasteiger partial charge in [0.1, 0.15) is 4.64 Å². The van der Waals surface area contributed by atoms with Crippen molar-refractivity contribution in [2.24, 2.45) is 7.05 Å². The van der Waals surface area contributed by atoms with Crippen LogP contribution in [0.3, 0.4) is 0 Å². The molecular weight excluding hydrogens is 156 g/mol. The minimum Gasteiger partial charge on any atom is -0.294 e. The van der Waals surface area contributed by atoms with Gasteiger partial charge in [-0.2, -0.15) is 0 Å². The maximum Gasteiger partial charge on any atom is 0.122 e. The average Bonchev–Trinajstić information content (AvgIpc) is 2.07. The van der Waals surface area contributed by atoms with E-state index in [1.807, 2.05) is 11.7 Å². The van der Waals surface area contributed by atoms with Crippen LogP contribution >= 0.6 is 12.2 Å². The molecule has 0 fully saturated rings. The standard InChI is InChI=1S/C8H14N2S/c1-5(2)7-6(3)8(11)9-10(7)4/h5H,1-4H3,(H,9,11). The number of H-pyrrole nitrogens is 1. The smallest absolute Gasteiger partial charge is 0.122 e. The Morgan fingerprint density at radius 2 is 2.00 bits per heavy atom. The molecule has 1 rings (SSSR count). The Kier molecular flexibility index (Phi) is 2.18. The van der Waals surface area contributed by atoms with E-state index in [0.717, 1.165) is 4.64 Å². The quantitative estimate of drug-likeness (QED) is 0.642. The molecule has 0 atom stereocenters. The Hall–Kier alpha value is -0.570. The molecule has 1 aromatic rings. The van der Waals surface area contributed by atoms with Crippen molar-refractivity contribution in [2.75, 3.05) is 0 Å². The maximum atomic E-state index is 5.10. The van der Waals surface area contributed by atoms with Crippen LogP contribution in [0.1, 0.15) is 31.0 Å². The van der Waals surface area contributed by atoms with Crippen molar-refractivity contribution in [2.45, 2.75) is 26.7 Å². The van der Waals surface area contributed by atoms with Crippen LogP contribution in [0.15, 0.2) is 0 Å². The predicted molar refractivity (Wildman–Crippen MR) is 49.4 cm³/mol. The summed E-state index contributed by atoms with van der Waals surface area (Å²) in [6.07, 6.45) is 0. The van der Waals surface area contributed by atoms with Crippen molar-refractivity contribution >= 4 is 12.2 Å². The van der Waals surface area contributed by atoms with E-state index in [4.69, 9.17) is 12.2 Å². The largest absolute Gasteiger partial charge is 0.294 e. The lowest BCUT2D eigenvalue weighted by Crippen LogP contribution is -2.00. The topological polar surface area (TPSA) is 20.7 Å². The van der Waals surface area contributed by atoms with Crippen LogP contribution in [0.2, 0.25) is 0 Å². The highest BCUT2D eigenvalue weighted by Gasteiger charge is 2.08. The first-order valence-electron chi connectivity index (χ1n) is 3.79. The van der Waals surface area contributed by atoms with Crippen LogP contribution in [0.5, 0.6) is 0 Å². The molecule has 1 aromatic heterocycles. The molecule has 0 bridgehead atoms. The van der Waals surface area contributed by atoms with Gasteiger partial charge < -0.3 is 0 Å². The summed E-state index contributed by atoms with van der Waals surface area (Å²) in [6.45, 7) is 6.41. The van der Waals surface area contributed by atoms with E-state index in [0.29, 0.717) is 5.92 Å². The number of rotatable bonds is 1. The molecule has 0 aliphatic heterocycles. The zero-order chi connectivity index (χ0) is 8.59. The van der Waals surface area contributed by atoms with Crippen LogP contribution < -0.4 is 0 Å². The molecule has 62 valence electrons. The first kappa shape index (κ1) is 8.53. The Labute approximate surface area is 72.2 Å². The van der Waals surface area contributed by atoms with Gasteiger partial charge in [-0.3, -0.25) is 9.78 Å². The molecule has 0 unspecified atom stereocenters. The number of aromatic amines is 1. The van der Waals surface area contributed by atoms with Gasteiger partial charge >= 0.3 is 0 Å². The van der Waals surface area contributed by atoms with Crippen LogP contribution in [0, 0.1) is 11.6 Å². The van der Waals surface area contributed by atoms with E-state index in [2.05, 4.69) is 25.9 Å². The Morgan fingerprint density at radius 1 is 1.45 bits per heavy atom.